The van der Waals surface area contributed by atoms with Crippen molar-refractivity contribution >= 4 is 5.91 Å². The number of hydrogen-bond donors (Lipinski definition) is 1. The largest absolute Gasteiger partial charge is 0.356 e. The summed E-state index contributed by atoms with van der Waals surface area (Å²) < 4.78 is 0. The molecule has 0 spiro atoms. The Labute approximate surface area is 125 Å². The molecule has 2 nitrogen and oxygen atoms in total. The minimum absolute atomic E-state index is 0.0985. The van der Waals surface area contributed by atoms with Crippen molar-refractivity contribution in [1.29, 1.82) is 0 Å². The third-order valence-electron chi connectivity index (χ3n) is 5.51. The molecule has 1 saturated heterocycles. The second kappa shape index (κ2) is 6.95. The van der Waals surface area contributed by atoms with Crippen LogP contribution in [0.4, 0.5) is 0 Å². The number of amides is 1. The van der Waals surface area contributed by atoms with Gasteiger partial charge in [-0.15, -0.1) is 0 Å². The number of piperidine rings is 1. The predicted molar refractivity (Wildman–Crippen MR) is 84.5 cm³/mol. The highest BCUT2D eigenvalue weighted by molar-refractivity contribution is 5.80. The lowest BCUT2D eigenvalue weighted by Gasteiger charge is -2.40. The topological polar surface area (TPSA) is 29.1 Å². The summed E-state index contributed by atoms with van der Waals surface area (Å²) in [6, 6.07) is 0. The average Bonchev–Trinajstić information content (AvgIpc) is 2.51. The van der Waals surface area contributed by atoms with Crippen molar-refractivity contribution in [1.82, 2.24) is 5.32 Å². The van der Waals surface area contributed by atoms with E-state index in [9.17, 15) is 4.79 Å². The zero-order valence-corrected chi connectivity index (χ0v) is 13.7. The lowest BCUT2D eigenvalue weighted by atomic mass is 9.69. The highest BCUT2D eigenvalue weighted by Gasteiger charge is 2.38. The van der Waals surface area contributed by atoms with E-state index in [-0.39, 0.29) is 17.2 Å². The van der Waals surface area contributed by atoms with Crippen LogP contribution in [0.2, 0.25) is 0 Å². The molecule has 2 heteroatoms. The molecular formula is C18H33NO. The van der Waals surface area contributed by atoms with Gasteiger partial charge in [-0.05, 0) is 23.7 Å². The summed E-state index contributed by atoms with van der Waals surface area (Å²) in [5.74, 6) is 2.05. The molecule has 2 rings (SSSR count). The van der Waals surface area contributed by atoms with Gasteiger partial charge in [-0.2, -0.15) is 0 Å². The van der Waals surface area contributed by atoms with Crippen LogP contribution in [0.5, 0.6) is 0 Å². The number of hydrogen-bond acceptors (Lipinski definition) is 1. The van der Waals surface area contributed by atoms with Crippen molar-refractivity contribution in [2.24, 2.45) is 23.2 Å². The van der Waals surface area contributed by atoms with E-state index in [1.54, 1.807) is 0 Å². The third-order valence-corrected chi connectivity index (χ3v) is 5.51. The van der Waals surface area contributed by atoms with Gasteiger partial charge in [-0.25, -0.2) is 0 Å². The van der Waals surface area contributed by atoms with Gasteiger partial charge in [-0.1, -0.05) is 72.1 Å². The van der Waals surface area contributed by atoms with Gasteiger partial charge in [0, 0.05) is 12.5 Å². The molecule has 2 aliphatic rings. The Kier molecular flexibility index (Phi) is 5.51. The maximum Gasteiger partial charge on any atom is 0.223 e. The molecule has 1 aliphatic carbocycles. The Morgan fingerprint density at radius 3 is 2.00 bits per heavy atom. The van der Waals surface area contributed by atoms with E-state index >= 15 is 0 Å². The molecule has 2 atom stereocenters. The summed E-state index contributed by atoms with van der Waals surface area (Å²) in [4.78, 5) is 12.1. The fourth-order valence-corrected chi connectivity index (χ4v) is 4.09. The van der Waals surface area contributed by atoms with E-state index < -0.39 is 0 Å². The lowest BCUT2D eigenvalue weighted by molar-refractivity contribution is -0.132. The van der Waals surface area contributed by atoms with Crippen LogP contribution in [0.1, 0.15) is 78.6 Å². The first kappa shape index (κ1) is 15.9. The monoisotopic (exact) mass is 279 g/mol. The van der Waals surface area contributed by atoms with Crippen LogP contribution in [0, 0.1) is 23.2 Å². The highest BCUT2D eigenvalue weighted by Crippen LogP contribution is 2.39. The molecule has 1 saturated carbocycles. The van der Waals surface area contributed by atoms with Gasteiger partial charge in [-0.3, -0.25) is 4.79 Å². The van der Waals surface area contributed by atoms with Crippen molar-refractivity contribution in [3.8, 4) is 0 Å². The van der Waals surface area contributed by atoms with Crippen LogP contribution >= 0.6 is 0 Å². The molecule has 1 amide bonds. The smallest absolute Gasteiger partial charge is 0.223 e. The van der Waals surface area contributed by atoms with Crippen LogP contribution in [0.3, 0.4) is 0 Å². The van der Waals surface area contributed by atoms with Gasteiger partial charge in [0.05, 0.1) is 0 Å². The second-order valence-electron chi connectivity index (χ2n) is 8.12. The van der Waals surface area contributed by atoms with Crippen LogP contribution in [-0.4, -0.2) is 12.5 Å². The van der Waals surface area contributed by atoms with Gasteiger partial charge in [0.25, 0.3) is 0 Å². The Morgan fingerprint density at radius 2 is 1.45 bits per heavy atom. The van der Waals surface area contributed by atoms with Crippen molar-refractivity contribution in [2.45, 2.75) is 78.6 Å². The highest BCUT2D eigenvalue weighted by atomic mass is 16.2. The second-order valence-corrected chi connectivity index (χ2v) is 8.12. The minimum Gasteiger partial charge on any atom is -0.356 e. The molecule has 1 N–H and O–H groups in total. The Morgan fingerprint density at radius 1 is 0.900 bits per heavy atom. The van der Waals surface area contributed by atoms with Crippen molar-refractivity contribution in [3.63, 3.8) is 0 Å². The SMILES string of the molecule is CC(C)(C)C1CC(C2CCCCCCCC2)CNC1=O. The predicted octanol–water partition coefficient (Wildman–Crippen LogP) is 4.54. The molecule has 2 unspecified atom stereocenters. The molecule has 1 aliphatic heterocycles. The summed E-state index contributed by atoms with van der Waals surface area (Å²) in [7, 11) is 0. The summed E-state index contributed by atoms with van der Waals surface area (Å²) in [5, 5.41) is 3.20. The summed E-state index contributed by atoms with van der Waals surface area (Å²) in [6.07, 6.45) is 12.4. The molecule has 0 aromatic rings. The van der Waals surface area contributed by atoms with E-state index in [0.29, 0.717) is 0 Å². The van der Waals surface area contributed by atoms with Crippen LogP contribution in [0.25, 0.3) is 0 Å². The quantitative estimate of drug-likeness (QED) is 0.750. The van der Waals surface area contributed by atoms with Gasteiger partial charge < -0.3 is 5.32 Å². The van der Waals surface area contributed by atoms with Gasteiger partial charge in [0.2, 0.25) is 5.91 Å². The normalized spacial score (nSPS) is 31.1. The molecule has 2 fully saturated rings. The average molecular weight is 279 g/mol. The fourth-order valence-electron chi connectivity index (χ4n) is 4.09. The molecule has 0 aromatic heterocycles. The maximum absolute atomic E-state index is 12.1. The van der Waals surface area contributed by atoms with Crippen LogP contribution < -0.4 is 5.32 Å². The standard InChI is InChI=1S/C18H33NO/c1-18(2,3)16-12-15(13-19-17(16)20)14-10-8-6-4-5-7-9-11-14/h14-16H,4-13H2,1-3H3,(H,19,20). The molecule has 0 aromatic carbocycles. The van der Waals surface area contributed by atoms with E-state index in [4.69, 9.17) is 0 Å². The first-order valence-corrected chi connectivity index (χ1v) is 8.76. The van der Waals surface area contributed by atoms with Gasteiger partial charge >= 0.3 is 0 Å². The number of nitrogens with one attached hydrogen (secondary N) is 1. The Balaban J connectivity index is 1.97. The van der Waals surface area contributed by atoms with E-state index in [0.717, 1.165) is 24.8 Å². The molecule has 116 valence electrons. The van der Waals surface area contributed by atoms with Crippen molar-refractivity contribution in [3.05, 3.63) is 0 Å². The van der Waals surface area contributed by atoms with Gasteiger partial charge in [0.1, 0.15) is 0 Å². The van der Waals surface area contributed by atoms with Crippen LogP contribution in [-0.2, 0) is 4.79 Å². The summed E-state index contributed by atoms with van der Waals surface area (Å²) >= 11 is 0. The van der Waals surface area contributed by atoms with Gasteiger partial charge in [0.15, 0.2) is 0 Å². The minimum atomic E-state index is 0.0985. The number of rotatable bonds is 1. The first-order valence-electron chi connectivity index (χ1n) is 8.76. The number of carbonyl (C=O) groups excluding carboxylic acids is 1. The lowest BCUT2D eigenvalue weighted by Crippen LogP contribution is -2.48. The number of carbonyl (C=O) groups is 1. The molecule has 20 heavy (non-hydrogen) atoms. The fraction of sp³-hybridized carbons (Fsp3) is 0.944. The van der Waals surface area contributed by atoms with Crippen molar-refractivity contribution < 1.29 is 4.79 Å². The zero-order valence-electron chi connectivity index (χ0n) is 13.7. The van der Waals surface area contributed by atoms with E-state index in [1.165, 1.54) is 51.4 Å². The zero-order chi connectivity index (χ0) is 14.6. The maximum atomic E-state index is 12.1. The molecule has 0 radical (unpaired) electrons. The summed E-state index contributed by atoms with van der Waals surface area (Å²) in [6.45, 7) is 7.56. The van der Waals surface area contributed by atoms with Crippen molar-refractivity contribution in [2.75, 3.05) is 6.54 Å². The Bertz CT molecular complexity index is 308. The molecular weight excluding hydrogens is 246 g/mol. The Hall–Kier alpha value is -0.530. The third kappa shape index (κ3) is 4.23. The molecule has 1 heterocycles. The molecule has 0 bridgehead atoms. The van der Waals surface area contributed by atoms with E-state index in [2.05, 4.69) is 26.1 Å². The summed E-state index contributed by atoms with van der Waals surface area (Å²) in [5.41, 5.74) is 0.0985. The van der Waals surface area contributed by atoms with Crippen LogP contribution in [0.15, 0.2) is 0 Å². The first-order chi connectivity index (χ1) is 9.48. The van der Waals surface area contributed by atoms with E-state index in [1.807, 2.05) is 0 Å².